The fourth-order valence-corrected chi connectivity index (χ4v) is 2.22. The lowest BCUT2D eigenvalue weighted by atomic mass is 10.1. The number of aromatic nitrogens is 2. The summed E-state index contributed by atoms with van der Waals surface area (Å²) in [6, 6.07) is 0. The molecule has 120 valence electrons. The summed E-state index contributed by atoms with van der Waals surface area (Å²) >= 11 is 0. The van der Waals surface area contributed by atoms with Crippen LogP contribution < -0.4 is 11.4 Å². The van der Waals surface area contributed by atoms with E-state index in [-0.39, 0.29) is 18.8 Å². The van der Waals surface area contributed by atoms with E-state index in [1.54, 1.807) is 0 Å². The first-order valence-electron chi connectivity index (χ1n) is 6.50. The molecule has 1 aromatic heterocycles. The molecule has 0 spiro atoms. The Morgan fingerprint density at radius 1 is 1.50 bits per heavy atom. The SMILES string of the molecule is [N-]=[N+]=NCCc1cn([C@@H]2O[C@H](CO)C(O)[C@@H]2O)c(=O)nc1N. The molecule has 2 rings (SSSR count). The Kier molecular flexibility index (Phi) is 4.96. The van der Waals surface area contributed by atoms with Crippen LogP contribution in [-0.4, -0.2) is 56.3 Å². The van der Waals surface area contributed by atoms with Crippen LogP contribution in [-0.2, 0) is 11.2 Å². The van der Waals surface area contributed by atoms with Crippen LogP contribution in [0.1, 0.15) is 11.8 Å². The molecule has 0 aliphatic carbocycles. The number of rotatable bonds is 5. The lowest BCUT2D eigenvalue weighted by Gasteiger charge is -2.18. The van der Waals surface area contributed by atoms with E-state index in [1.807, 2.05) is 0 Å². The number of aliphatic hydroxyl groups excluding tert-OH is 3. The van der Waals surface area contributed by atoms with Crippen LogP contribution in [0.4, 0.5) is 5.82 Å². The topological polar surface area (TPSA) is 180 Å². The van der Waals surface area contributed by atoms with E-state index in [4.69, 9.17) is 21.1 Å². The molecule has 0 bridgehead atoms. The van der Waals surface area contributed by atoms with Crippen LogP contribution in [0.2, 0.25) is 0 Å². The summed E-state index contributed by atoms with van der Waals surface area (Å²) in [6.07, 6.45) is -3.34. The molecule has 0 aromatic carbocycles. The highest BCUT2D eigenvalue weighted by Crippen LogP contribution is 2.28. The zero-order valence-electron chi connectivity index (χ0n) is 11.5. The molecule has 22 heavy (non-hydrogen) atoms. The van der Waals surface area contributed by atoms with Gasteiger partial charge in [0.25, 0.3) is 0 Å². The quantitative estimate of drug-likeness (QED) is 0.283. The number of nitrogens with zero attached hydrogens (tertiary/aromatic N) is 5. The summed E-state index contributed by atoms with van der Waals surface area (Å²) in [5.41, 5.74) is 13.6. The van der Waals surface area contributed by atoms with Gasteiger partial charge in [0, 0.05) is 23.2 Å². The van der Waals surface area contributed by atoms with Gasteiger partial charge in [-0.1, -0.05) is 5.11 Å². The number of azide groups is 1. The average Bonchev–Trinajstić information content (AvgIpc) is 2.77. The molecule has 2 heterocycles. The van der Waals surface area contributed by atoms with Crippen molar-refractivity contribution in [2.24, 2.45) is 5.11 Å². The summed E-state index contributed by atoms with van der Waals surface area (Å²) in [5, 5.41) is 32.1. The Labute approximate surface area is 124 Å². The zero-order valence-corrected chi connectivity index (χ0v) is 11.5. The Bertz CT molecular complexity index is 642. The number of anilines is 1. The van der Waals surface area contributed by atoms with Crippen molar-refractivity contribution < 1.29 is 20.1 Å². The van der Waals surface area contributed by atoms with E-state index in [0.29, 0.717) is 5.56 Å². The number of aliphatic hydroxyl groups is 3. The Morgan fingerprint density at radius 2 is 2.23 bits per heavy atom. The third-order valence-corrected chi connectivity index (χ3v) is 3.40. The highest BCUT2D eigenvalue weighted by atomic mass is 16.6. The molecule has 1 saturated heterocycles. The molecule has 1 aliphatic heterocycles. The molecule has 1 aromatic rings. The van der Waals surface area contributed by atoms with Crippen LogP contribution in [0.5, 0.6) is 0 Å². The van der Waals surface area contributed by atoms with Crippen LogP contribution in [0.25, 0.3) is 10.4 Å². The van der Waals surface area contributed by atoms with Gasteiger partial charge in [-0.25, -0.2) is 4.79 Å². The van der Waals surface area contributed by atoms with Gasteiger partial charge < -0.3 is 25.8 Å². The number of nitrogens with two attached hydrogens (primary N) is 1. The normalized spacial score (nSPS) is 27.6. The highest BCUT2D eigenvalue weighted by Gasteiger charge is 2.43. The van der Waals surface area contributed by atoms with Crippen molar-refractivity contribution in [2.75, 3.05) is 18.9 Å². The van der Waals surface area contributed by atoms with Gasteiger partial charge in [0.2, 0.25) is 0 Å². The van der Waals surface area contributed by atoms with E-state index in [2.05, 4.69) is 15.0 Å². The molecule has 1 fully saturated rings. The average molecular weight is 312 g/mol. The molecule has 0 radical (unpaired) electrons. The maximum atomic E-state index is 11.9. The first kappa shape index (κ1) is 16.2. The second kappa shape index (κ2) is 6.73. The summed E-state index contributed by atoms with van der Waals surface area (Å²) in [4.78, 5) is 18.1. The summed E-state index contributed by atoms with van der Waals surface area (Å²) in [5.74, 6) is -0.0128. The predicted molar refractivity (Wildman–Crippen MR) is 73.6 cm³/mol. The molecular weight excluding hydrogens is 296 g/mol. The third-order valence-electron chi connectivity index (χ3n) is 3.40. The molecule has 1 unspecified atom stereocenters. The largest absolute Gasteiger partial charge is 0.394 e. The van der Waals surface area contributed by atoms with Crippen molar-refractivity contribution in [1.82, 2.24) is 9.55 Å². The summed E-state index contributed by atoms with van der Waals surface area (Å²) in [6.45, 7) is -0.383. The Hall–Kier alpha value is -2.17. The van der Waals surface area contributed by atoms with E-state index in [1.165, 1.54) is 6.20 Å². The van der Waals surface area contributed by atoms with Gasteiger partial charge in [0.1, 0.15) is 24.1 Å². The number of hydrogen-bond donors (Lipinski definition) is 4. The fourth-order valence-electron chi connectivity index (χ4n) is 2.22. The first-order valence-corrected chi connectivity index (χ1v) is 6.50. The molecule has 0 amide bonds. The van der Waals surface area contributed by atoms with Gasteiger partial charge in [0.15, 0.2) is 6.23 Å². The van der Waals surface area contributed by atoms with Crippen molar-refractivity contribution in [3.63, 3.8) is 0 Å². The lowest BCUT2D eigenvalue weighted by molar-refractivity contribution is -0.0550. The maximum absolute atomic E-state index is 11.9. The van der Waals surface area contributed by atoms with E-state index >= 15 is 0 Å². The van der Waals surface area contributed by atoms with E-state index < -0.39 is 36.8 Å². The first-order chi connectivity index (χ1) is 10.5. The number of nitrogen functional groups attached to an aromatic ring is 1. The smallest absolute Gasteiger partial charge is 0.351 e. The van der Waals surface area contributed by atoms with Crippen LogP contribution in [0.3, 0.4) is 0 Å². The van der Waals surface area contributed by atoms with Gasteiger partial charge in [-0.2, -0.15) is 4.98 Å². The van der Waals surface area contributed by atoms with Gasteiger partial charge >= 0.3 is 5.69 Å². The standard InChI is InChI=1S/C11H16N6O5/c12-9-5(1-2-14-16-13)3-17(11(21)15-9)10-8(20)7(19)6(4-18)22-10/h3,6-8,10,18-20H,1-2,4H2,(H2,12,15,21)/t6-,7?,8+,10-/m1/s1. The molecule has 0 saturated carbocycles. The molecule has 1 aliphatic rings. The lowest BCUT2D eigenvalue weighted by Crippen LogP contribution is -2.36. The molecule has 11 nitrogen and oxygen atoms in total. The third kappa shape index (κ3) is 3.03. The van der Waals surface area contributed by atoms with Crippen molar-refractivity contribution in [2.45, 2.75) is 31.0 Å². The highest BCUT2D eigenvalue weighted by molar-refractivity contribution is 5.37. The van der Waals surface area contributed by atoms with Gasteiger partial charge in [-0.15, -0.1) is 0 Å². The van der Waals surface area contributed by atoms with Gasteiger partial charge in [0.05, 0.1) is 6.61 Å². The Morgan fingerprint density at radius 3 is 2.82 bits per heavy atom. The minimum Gasteiger partial charge on any atom is -0.394 e. The summed E-state index contributed by atoms with van der Waals surface area (Å²) in [7, 11) is 0. The monoisotopic (exact) mass is 312 g/mol. The van der Waals surface area contributed by atoms with Crippen molar-refractivity contribution in [3.05, 3.63) is 32.7 Å². The second-order valence-corrected chi connectivity index (χ2v) is 4.77. The minimum atomic E-state index is -1.40. The Balaban J connectivity index is 2.32. The van der Waals surface area contributed by atoms with Crippen molar-refractivity contribution >= 4 is 5.82 Å². The molecular formula is C11H16N6O5. The molecule has 4 atom stereocenters. The number of hydrogen-bond acceptors (Lipinski definition) is 8. The van der Waals surface area contributed by atoms with E-state index in [0.717, 1.165) is 4.57 Å². The molecule has 11 heteroatoms. The van der Waals surface area contributed by atoms with Crippen LogP contribution in [0, 0.1) is 0 Å². The molecule has 5 N–H and O–H groups in total. The van der Waals surface area contributed by atoms with Gasteiger partial charge in [-0.3, -0.25) is 4.57 Å². The van der Waals surface area contributed by atoms with Crippen molar-refractivity contribution in [3.8, 4) is 0 Å². The van der Waals surface area contributed by atoms with E-state index in [9.17, 15) is 15.0 Å². The maximum Gasteiger partial charge on any atom is 0.351 e. The fraction of sp³-hybridized carbons (Fsp3) is 0.636. The predicted octanol–water partition coefficient (Wildman–Crippen LogP) is -1.71. The second-order valence-electron chi connectivity index (χ2n) is 4.77. The minimum absolute atomic E-state index is 0.0128. The summed E-state index contributed by atoms with van der Waals surface area (Å²) < 4.78 is 6.26. The van der Waals surface area contributed by atoms with Crippen molar-refractivity contribution in [1.29, 1.82) is 0 Å². The van der Waals surface area contributed by atoms with Gasteiger partial charge in [-0.05, 0) is 12.0 Å². The van der Waals surface area contributed by atoms with Crippen LogP contribution >= 0.6 is 0 Å². The zero-order chi connectivity index (χ0) is 16.3. The van der Waals surface area contributed by atoms with Crippen LogP contribution in [0.15, 0.2) is 16.1 Å². The number of ether oxygens (including phenoxy) is 1.